The van der Waals surface area contributed by atoms with Gasteiger partial charge in [-0.25, -0.2) is 0 Å². The van der Waals surface area contributed by atoms with Crippen LogP contribution in [0.3, 0.4) is 0 Å². The second-order valence-corrected chi connectivity index (χ2v) is 8.04. The SMILES string of the molecule is CC1CCN(C(=O)CCC(=O)N2CCc3sccc3C2)C(CN)C1. The predicted molar refractivity (Wildman–Crippen MR) is 95.6 cm³/mol. The summed E-state index contributed by atoms with van der Waals surface area (Å²) in [5.41, 5.74) is 7.10. The van der Waals surface area contributed by atoms with Crippen molar-refractivity contribution in [3.63, 3.8) is 0 Å². The Bertz CT molecular complexity index is 601. The molecule has 132 valence electrons. The normalized spacial score (nSPS) is 23.9. The van der Waals surface area contributed by atoms with Crippen LogP contribution in [-0.2, 0) is 22.6 Å². The van der Waals surface area contributed by atoms with Crippen molar-refractivity contribution >= 4 is 23.2 Å². The van der Waals surface area contributed by atoms with Crippen molar-refractivity contribution in [2.75, 3.05) is 19.6 Å². The van der Waals surface area contributed by atoms with Crippen molar-refractivity contribution in [2.45, 2.75) is 51.6 Å². The molecular formula is C18H27N3O2S. The van der Waals surface area contributed by atoms with Crippen LogP contribution < -0.4 is 5.73 Å². The van der Waals surface area contributed by atoms with Gasteiger partial charge in [0.1, 0.15) is 0 Å². The van der Waals surface area contributed by atoms with E-state index < -0.39 is 0 Å². The van der Waals surface area contributed by atoms with E-state index in [1.165, 1.54) is 10.4 Å². The largest absolute Gasteiger partial charge is 0.338 e. The number of piperidine rings is 1. The van der Waals surface area contributed by atoms with Gasteiger partial charge in [-0.15, -0.1) is 11.3 Å². The van der Waals surface area contributed by atoms with Gasteiger partial charge in [0.25, 0.3) is 0 Å². The van der Waals surface area contributed by atoms with E-state index in [2.05, 4.69) is 18.4 Å². The molecule has 2 unspecified atom stereocenters. The monoisotopic (exact) mass is 349 g/mol. The molecule has 2 atom stereocenters. The van der Waals surface area contributed by atoms with E-state index in [0.29, 0.717) is 31.8 Å². The van der Waals surface area contributed by atoms with Gasteiger partial charge in [0.2, 0.25) is 11.8 Å². The molecule has 0 saturated carbocycles. The summed E-state index contributed by atoms with van der Waals surface area (Å²) in [6.45, 7) is 4.96. The average Bonchev–Trinajstić information content (AvgIpc) is 3.06. The number of carbonyl (C=O) groups is 2. The molecule has 0 radical (unpaired) electrons. The van der Waals surface area contributed by atoms with Gasteiger partial charge in [-0.3, -0.25) is 9.59 Å². The van der Waals surface area contributed by atoms with Gasteiger partial charge in [-0.05, 0) is 42.2 Å². The highest BCUT2D eigenvalue weighted by Crippen LogP contribution is 2.25. The lowest BCUT2D eigenvalue weighted by molar-refractivity contribution is -0.139. The molecule has 0 bridgehead atoms. The van der Waals surface area contributed by atoms with Gasteiger partial charge >= 0.3 is 0 Å². The number of nitrogens with two attached hydrogens (primary N) is 1. The highest BCUT2D eigenvalue weighted by Gasteiger charge is 2.29. The van der Waals surface area contributed by atoms with Crippen LogP contribution in [-0.4, -0.2) is 47.3 Å². The second-order valence-electron chi connectivity index (χ2n) is 7.04. The zero-order chi connectivity index (χ0) is 17.1. The molecule has 1 saturated heterocycles. The predicted octanol–water partition coefficient (Wildman–Crippen LogP) is 2.00. The minimum Gasteiger partial charge on any atom is -0.338 e. The fourth-order valence-corrected chi connectivity index (χ4v) is 4.67. The van der Waals surface area contributed by atoms with Crippen LogP contribution in [0.1, 0.15) is 43.0 Å². The number of fused-ring (bicyclic) bond motifs is 1. The third-order valence-corrected chi connectivity index (χ3v) is 6.31. The second kappa shape index (κ2) is 7.66. The Morgan fingerprint density at radius 2 is 2.08 bits per heavy atom. The minimum atomic E-state index is 0.0823. The van der Waals surface area contributed by atoms with E-state index in [0.717, 1.165) is 32.4 Å². The van der Waals surface area contributed by atoms with Crippen molar-refractivity contribution in [3.05, 3.63) is 21.9 Å². The lowest BCUT2D eigenvalue weighted by atomic mass is 9.92. The minimum absolute atomic E-state index is 0.0823. The molecule has 24 heavy (non-hydrogen) atoms. The fourth-order valence-electron chi connectivity index (χ4n) is 3.78. The first kappa shape index (κ1) is 17.4. The van der Waals surface area contributed by atoms with Crippen LogP contribution in [0.15, 0.2) is 11.4 Å². The molecule has 0 aliphatic carbocycles. The summed E-state index contributed by atoms with van der Waals surface area (Å²) in [5, 5.41) is 2.09. The summed E-state index contributed by atoms with van der Waals surface area (Å²) in [6, 6.07) is 2.24. The van der Waals surface area contributed by atoms with Crippen LogP contribution in [0.4, 0.5) is 0 Å². The van der Waals surface area contributed by atoms with Crippen molar-refractivity contribution in [1.82, 2.24) is 9.80 Å². The molecule has 0 aromatic carbocycles. The lowest BCUT2D eigenvalue weighted by Gasteiger charge is -2.38. The van der Waals surface area contributed by atoms with Crippen LogP contribution >= 0.6 is 11.3 Å². The summed E-state index contributed by atoms with van der Waals surface area (Å²) in [7, 11) is 0. The summed E-state index contributed by atoms with van der Waals surface area (Å²) in [5.74, 6) is 0.797. The molecule has 1 aromatic rings. The van der Waals surface area contributed by atoms with Crippen molar-refractivity contribution < 1.29 is 9.59 Å². The first-order chi connectivity index (χ1) is 11.6. The van der Waals surface area contributed by atoms with Gasteiger partial charge in [0.15, 0.2) is 0 Å². The Morgan fingerprint density at radius 1 is 1.29 bits per heavy atom. The molecule has 0 spiro atoms. The zero-order valence-corrected chi connectivity index (χ0v) is 15.2. The molecule has 2 aliphatic rings. The molecule has 1 aromatic heterocycles. The van der Waals surface area contributed by atoms with Gasteiger partial charge in [-0.2, -0.15) is 0 Å². The molecule has 5 nitrogen and oxygen atoms in total. The van der Waals surface area contributed by atoms with Crippen LogP contribution in [0.2, 0.25) is 0 Å². The quantitative estimate of drug-likeness (QED) is 0.904. The number of amides is 2. The van der Waals surface area contributed by atoms with Crippen LogP contribution in [0.5, 0.6) is 0 Å². The summed E-state index contributed by atoms with van der Waals surface area (Å²) < 4.78 is 0. The highest BCUT2D eigenvalue weighted by atomic mass is 32.1. The van der Waals surface area contributed by atoms with Gasteiger partial charge in [0, 0.05) is 49.9 Å². The fraction of sp³-hybridized carbons (Fsp3) is 0.667. The maximum Gasteiger partial charge on any atom is 0.223 e. The number of likely N-dealkylation sites (tertiary alicyclic amines) is 1. The number of thiophene rings is 1. The van der Waals surface area contributed by atoms with Crippen molar-refractivity contribution in [1.29, 1.82) is 0 Å². The molecule has 1 fully saturated rings. The standard InChI is InChI=1S/C18H27N3O2S/c1-13-4-8-21(15(10-13)11-19)18(23)3-2-17(22)20-7-5-16-14(12-20)6-9-24-16/h6,9,13,15H,2-5,7-8,10-12,19H2,1H3. The topological polar surface area (TPSA) is 66.6 Å². The smallest absolute Gasteiger partial charge is 0.223 e. The molecule has 3 rings (SSSR count). The van der Waals surface area contributed by atoms with E-state index in [1.807, 2.05) is 9.80 Å². The van der Waals surface area contributed by atoms with E-state index >= 15 is 0 Å². The first-order valence-corrected chi connectivity index (χ1v) is 9.79. The summed E-state index contributed by atoms with van der Waals surface area (Å²) in [4.78, 5) is 30.2. The van der Waals surface area contributed by atoms with Crippen LogP contribution in [0.25, 0.3) is 0 Å². The molecule has 2 amide bonds. The first-order valence-electron chi connectivity index (χ1n) is 8.91. The number of hydrogen-bond acceptors (Lipinski definition) is 4. The Balaban J connectivity index is 1.50. The van der Waals surface area contributed by atoms with Crippen molar-refractivity contribution in [3.8, 4) is 0 Å². The average molecular weight is 350 g/mol. The van der Waals surface area contributed by atoms with Crippen molar-refractivity contribution in [2.24, 2.45) is 11.7 Å². The summed E-state index contributed by atoms with van der Waals surface area (Å²) >= 11 is 1.77. The molecule has 2 N–H and O–H groups in total. The van der Waals surface area contributed by atoms with Gasteiger partial charge in [0.05, 0.1) is 0 Å². The van der Waals surface area contributed by atoms with E-state index in [1.54, 1.807) is 11.3 Å². The van der Waals surface area contributed by atoms with Gasteiger partial charge in [-0.1, -0.05) is 6.92 Å². The van der Waals surface area contributed by atoms with Gasteiger partial charge < -0.3 is 15.5 Å². The number of hydrogen-bond donors (Lipinski definition) is 1. The Morgan fingerprint density at radius 3 is 2.88 bits per heavy atom. The van der Waals surface area contributed by atoms with E-state index in [4.69, 9.17) is 5.73 Å². The van der Waals surface area contributed by atoms with E-state index in [9.17, 15) is 9.59 Å². The molecule has 3 heterocycles. The molecular weight excluding hydrogens is 322 g/mol. The Hall–Kier alpha value is -1.40. The summed E-state index contributed by atoms with van der Waals surface area (Å²) in [6.07, 6.45) is 3.55. The highest BCUT2D eigenvalue weighted by molar-refractivity contribution is 7.10. The number of nitrogens with zero attached hydrogens (tertiary/aromatic N) is 2. The maximum atomic E-state index is 12.5. The number of carbonyl (C=O) groups excluding carboxylic acids is 2. The maximum absolute atomic E-state index is 12.5. The number of rotatable bonds is 4. The Labute approximate surface area is 147 Å². The lowest BCUT2D eigenvalue weighted by Crippen LogP contribution is -2.49. The zero-order valence-electron chi connectivity index (χ0n) is 14.4. The molecule has 6 heteroatoms. The van der Waals surface area contributed by atoms with Crippen LogP contribution in [0, 0.1) is 5.92 Å². The molecule has 2 aliphatic heterocycles. The third kappa shape index (κ3) is 3.81. The Kier molecular flexibility index (Phi) is 5.56. The third-order valence-electron chi connectivity index (χ3n) is 5.28. The van der Waals surface area contributed by atoms with E-state index in [-0.39, 0.29) is 17.9 Å².